The number of carbonyl (C=O) groups excluding carboxylic acids is 1. The molecule has 0 saturated carbocycles. The maximum Gasteiger partial charge on any atom is 0.251 e. The molecular formula is C27H18BrClN2O2. The standard InChI is InChI=1S/C27H18BrClN2O2/c28-20-9-7-17(8-10-20)26(32)27-31-24(22-14-21(29)11-12-25(22)33-27)15-23(30-31)19-6-5-16-3-1-2-4-18(16)13-19/h1-14,24,27H,15H2/t24-,27+/m1/s1. The predicted octanol–water partition coefficient (Wildman–Crippen LogP) is 7.01. The summed E-state index contributed by atoms with van der Waals surface area (Å²) in [5.41, 5.74) is 3.49. The number of fused-ring (bicyclic) bond motifs is 4. The van der Waals surface area contributed by atoms with Gasteiger partial charge in [0.25, 0.3) is 6.23 Å². The fourth-order valence-corrected chi connectivity index (χ4v) is 4.98. The molecule has 0 aliphatic carbocycles. The van der Waals surface area contributed by atoms with Crippen LogP contribution in [0.2, 0.25) is 5.02 Å². The van der Waals surface area contributed by atoms with Crippen LogP contribution in [0.25, 0.3) is 10.8 Å². The van der Waals surface area contributed by atoms with Crippen molar-refractivity contribution in [3.63, 3.8) is 0 Å². The second-order valence-electron chi connectivity index (χ2n) is 8.23. The zero-order valence-corrected chi connectivity index (χ0v) is 19.8. The van der Waals surface area contributed by atoms with Crippen molar-refractivity contribution >= 4 is 49.8 Å². The Kier molecular flexibility index (Phi) is 4.97. The summed E-state index contributed by atoms with van der Waals surface area (Å²) in [5.74, 6) is 0.544. The normalized spacial score (nSPS) is 19.0. The summed E-state index contributed by atoms with van der Waals surface area (Å²) < 4.78 is 7.12. The second-order valence-corrected chi connectivity index (χ2v) is 9.58. The molecule has 0 amide bonds. The molecule has 0 aromatic heterocycles. The Labute approximate surface area is 204 Å². The molecule has 0 N–H and O–H groups in total. The van der Waals surface area contributed by atoms with Crippen LogP contribution in [-0.2, 0) is 0 Å². The van der Waals surface area contributed by atoms with E-state index in [-0.39, 0.29) is 11.8 Å². The van der Waals surface area contributed by atoms with Gasteiger partial charge in [-0.1, -0.05) is 76.1 Å². The SMILES string of the molecule is O=C(c1ccc(Br)cc1)[C@@H]1Oc2ccc(Cl)cc2[C@H]2CC(c3ccc4ccccc4c3)=NN21. The number of hydrazone groups is 1. The monoisotopic (exact) mass is 516 g/mol. The highest BCUT2D eigenvalue weighted by atomic mass is 79.9. The first kappa shape index (κ1) is 20.5. The summed E-state index contributed by atoms with van der Waals surface area (Å²) in [6.45, 7) is 0. The Morgan fingerprint density at radius 1 is 0.970 bits per heavy atom. The van der Waals surface area contributed by atoms with Gasteiger partial charge in [0.1, 0.15) is 5.75 Å². The molecule has 4 nitrogen and oxygen atoms in total. The molecule has 2 atom stereocenters. The lowest BCUT2D eigenvalue weighted by Crippen LogP contribution is -2.45. The van der Waals surface area contributed by atoms with E-state index in [0.29, 0.717) is 22.8 Å². The number of Topliss-reactive ketones (excluding diaryl/α,β-unsaturated/α-hetero) is 1. The highest BCUT2D eigenvalue weighted by Crippen LogP contribution is 2.44. The van der Waals surface area contributed by atoms with E-state index >= 15 is 0 Å². The van der Waals surface area contributed by atoms with Gasteiger partial charge in [-0.2, -0.15) is 5.10 Å². The zero-order chi connectivity index (χ0) is 22.5. The largest absolute Gasteiger partial charge is 0.461 e. The third kappa shape index (κ3) is 3.62. The third-order valence-corrected chi connectivity index (χ3v) is 6.95. The lowest BCUT2D eigenvalue weighted by Gasteiger charge is -2.37. The van der Waals surface area contributed by atoms with Crippen LogP contribution in [0.4, 0.5) is 0 Å². The number of halogens is 2. The number of hydrogen-bond acceptors (Lipinski definition) is 4. The van der Waals surface area contributed by atoms with Crippen molar-refractivity contribution in [1.29, 1.82) is 0 Å². The van der Waals surface area contributed by atoms with Crippen molar-refractivity contribution in [2.45, 2.75) is 18.7 Å². The van der Waals surface area contributed by atoms with Gasteiger partial charge < -0.3 is 4.74 Å². The van der Waals surface area contributed by atoms with Crippen molar-refractivity contribution in [2.24, 2.45) is 5.10 Å². The Morgan fingerprint density at radius 2 is 1.76 bits per heavy atom. The van der Waals surface area contributed by atoms with Gasteiger partial charge in [-0.25, -0.2) is 5.01 Å². The summed E-state index contributed by atoms with van der Waals surface area (Å²) in [5, 5.41) is 9.68. The van der Waals surface area contributed by atoms with Gasteiger partial charge in [-0.15, -0.1) is 0 Å². The van der Waals surface area contributed by atoms with Crippen LogP contribution >= 0.6 is 27.5 Å². The van der Waals surface area contributed by atoms with Crippen LogP contribution < -0.4 is 4.74 Å². The molecule has 2 aliphatic heterocycles. The van der Waals surface area contributed by atoms with E-state index in [1.165, 1.54) is 5.39 Å². The van der Waals surface area contributed by atoms with Crippen LogP contribution in [0.5, 0.6) is 5.75 Å². The van der Waals surface area contributed by atoms with Gasteiger partial charge >= 0.3 is 0 Å². The van der Waals surface area contributed by atoms with Crippen LogP contribution in [0.3, 0.4) is 0 Å². The Hall–Kier alpha value is -3.15. The molecule has 4 aromatic rings. The fraction of sp³-hybridized carbons (Fsp3) is 0.111. The average molecular weight is 518 g/mol. The molecule has 2 aliphatic rings. The van der Waals surface area contributed by atoms with Gasteiger partial charge in [0.15, 0.2) is 0 Å². The molecule has 0 unspecified atom stereocenters. The highest BCUT2D eigenvalue weighted by molar-refractivity contribution is 9.10. The molecule has 0 fully saturated rings. The van der Waals surface area contributed by atoms with Gasteiger partial charge in [0.2, 0.25) is 5.78 Å². The number of carbonyl (C=O) groups is 1. The van der Waals surface area contributed by atoms with E-state index < -0.39 is 6.23 Å². The minimum atomic E-state index is -0.845. The predicted molar refractivity (Wildman–Crippen MR) is 134 cm³/mol. The summed E-state index contributed by atoms with van der Waals surface area (Å²) in [6.07, 6.45) is -0.179. The minimum absolute atomic E-state index is 0.127. The van der Waals surface area contributed by atoms with Gasteiger partial charge in [-0.3, -0.25) is 4.79 Å². The molecule has 0 spiro atoms. The van der Waals surface area contributed by atoms with E-state index in [4.69, 9.17) is 21.4 Å². The van der Waals surface area contributed by atoms with E-state index in [9.17, 15) is 4.79 Å². The number of ketones is 1. The number of benzene rings is 4. The van der Waals surface area contributed by atoms with Crippen LogP contribution in [0.1, 0.15) is 33.9 Å². The van der Waals surface area contributed by atoms with Gasteiger partial charge in [0, 0.05) is 27.0 Å². The van der Waals surface area contributed by atoms with E-state index in [1.54, 1.807) is 23.2 Å². The number of ether oxygens (including phenoxy) is 1. The summed E-state index contributed by atoms with van der Waals surface area (Å²) in [6, 6.07) is 27.3. The zero-order valence-electron chi connectivity index (χ0n) is 17.4. The van der Waals surface area contributed by atoms with E-state index in [0.717, 1.165) is 26.7 Å². The van der Waals surface area contributed by atoms with Crippen molar-refractivity contribution < 1.29 is 9.53 Å². The lowest BCUT2D eigenvalue weighted by molar-refractivity contribution is -0.00455. The smallest absolute Gasteiger partial charge is 0.251 e. The fourth-order valence-electron chi connectivity index (χ4n) is 4.53. The average Bonchev–Trinajstić information content (AvgIpc) is 3.29. The summed E-state index contributed by atoms with van der Waals surface area (Å²) in [7, 11) is 0. The van der Waals surface area contributed by atoms with Gasteiger partial charge in [-0.05, 0) is 52.7 Å². The van der Waals surface area contributed by atoms with Crippen LogP contribution in [0, 0.1) is 0 Å². The summed E-state index contributed by atoms with van der Waals surface area (Å²) in [4.78, 5) is 13.5. The quantitative estimate of drug-likeness (QED) is 0.275. The molecule has 0 bridgehead atoms. The van der Waals surface area contributed by atoms with Crippen molar-refractivity contribution in [3.05, 3.63) is 111 Å². The minimum Gasteiger partial charge on any atom is -0.461 e. The molecule has 0 saturated heterocycles. The second kappa shape index (κ2) is 8.01. The molecule has 4 aromatic carbocycles. The Balaban J connectivity index is 1.43. The maximum atomic E-state index is 13.5. The molecule has 162 valence electrons. The maximum absolute atomic E-state index is 13.5. The first-order valence-corrected chi connectivity index (χ1v) is 11.8. The number of nitrogens with zero attached hydrogens (tertiary/aromatic N) is 2. The molecule has 0 radical (unpaired) electrons. The van der Waals surface area contributed by atoms with Crippen LogP contribution in [0.15, 0.2) is 94.5 Å². The van der Waals surface area contributed by atoms with Crippen molar-refractivity contribution in [2.75, 3.05) is 0 Å². The van der Waals surface area contributed by atoms with Crippen LogP contribution in [-0.4, -0.2) is 22.7 Å². The Morgan fingerprint density at radius 3 is 2.58 bits per heavy atom. The third-order valence-electron chi connectivity index (χ3n) is 6.19. The number of rotatable bonds is 3. The molecular weight excluding hydrogens is 500 g/mol. The first-order valence-electron chi connectivity index (χ1n) is 10.7. The van der Waals surface area contributed by atoms with Crippen molar-refractivity contribution in [1.82, 2.24) is 5.01 Å². The topological polar surface area (TPSA) is 41.9 Å². The lowest BCUT2D eigenvalue weighted by atomic mass is 9.95. The highest BCUT2D eigenvalue weighted by Gasteiger charge is 2.43. The molecule has 2 heterocycles. The summed E-state index contributed by atoms with van der Waals surface area (Å²) >= 11 is 9.74. The molecule has 33 heavy (non-hydrogen) atoms. The first-order chi connectivity index (χ1) is 16.1. The van der Waals surface area contributed by atoms with Crippen molar-refractivity contribution in [3.8, 4) is 5.75 Å². The number of hydrogen-bond donors (Lipinski definition) is 0. The van der Waals surface area contributed by atoms with Gasteiger partial charge in [0.05, 0.1) is 11.8 Å². The molecule has 6 rings (SSSR count). The van der Waals surface area contributed by atoms with E-state index in [1.807, 2.05) is 36.4 Å². The van der Waals surface area contributed by atoms with E-state index in [2.05, 4.69) is 46.3 Å². The Bertz CT molecular complexity index is 1430. The molecule has 6 heteroatoms.